The molecule has 1 aliphatic carbocycles. The fourth-order valence-corrected chi connectivity index (χ4v) is 4.11. The van der Waals surface area contributed by atoms with Gasteiger partial charge in [-0.15, -0.1) is 11.3 Å². The van der Waals surface area contributed by atoms with Crippen molar-refractivity contribution in [1.82, 2.24) is 10.2 Å². The Morgan fingerprint density at radius 1 is 1.36 bits per heavy atom. The van der Waals surface area contributed by atoms with Crippen LogP contribution in [0.1, 0.15) is 43.0 Å². The SMILES string of the molecule is C[C@@H]1C[C@H]1C(=O)N1CCCCC(NC(=O)c2cscc2Cl)C1. The van der Waals surface area contributed by atoms with Crippen LogP contribution in [0.5, 0.6) is 0 Å². The van der Waals surface area contributed by atoms with E-state index in [-0.39, 0.29) is 23.8 Å². The Labute approximate surface area is 139 Å². The van der Waals surface area contributed by atoms with E-state index in [2.05, 4.69) is 12.2 Å². The first-order valence-electron chi connectivity index (χ1n) is 7.87. The lowest BCUT2D eigenvalue weighted by molar-refractivity contribution is -0.133. The largest absolute Gasteiger partial charge is 0.347 e. The van der Waals surface area contributed by atoms with Crippen molar-refractivity contribution >= 4 is 34.8 Å². The van der Waals surface area contributed by atoms with Crippen molar-refractivity contribution in [2.45, 2.75) is 38.6 Å². The number of amides is 2. The molecule has 2 aliphatic rings. The first-order valence-corrected chi connectivity index (χ1v) is 9.19. The van der Waals surface area contributed by atoms with Crippen molar-refractivity contribution < 1.29 is 9.59 Å². The molecule has 22 heavy (non-hydrogen) atoms. The molecule has 1 unspecified atom stereocenters. The number of nitrogens with zero attached hydrogens (tertiary/aromatic N) is 1. The molecule has 4 nitrogen and oxygen atoms in total. The first-order chi connectivity index (χ1) is 10.6. The van der Waals surface area contributed by atoms with Gasteiger partial charge in [0.25, 0.3) is 5.91 Å². The highest BCUT2D eigenvalue weighted by Gasteiger charge is 2.42. The first kappa shape index (κ1) is 15.8. The van der Waals surface area contributed by atoms with Crippen LogP contribution in [-0.2, 0) is 4.79 Å². The summed E-state index contributed by atoms with van der Waals surface area (Å²) in [4.78, 5) is 26.7. The zero-order valence-corrected chi connectivity index (χ0v) is 14.3. The van der Waals surface area contributed by atoms with Crippen molar-refractivity contribution in [2.75, 3.05) is 13.1 Å². The summed E-state index contributed by atoms with van der Waals surface area (Å²) in [5.74, 6) is 0.863. The lowest BCUT2D eigenvalue weighted by atomic mass is 10.1. The van der Waals surface area contributed by atoms with Crippen LogP contribution in [0.3, 0.4) is 0 Å². The lowest BCUT2D eigenvalue weighted by Gasteiger charge is -2.25. The topological polar surface area (TPSA) is 49.4 Å². The van der Waals surface area contributed by atoms with E-state index < -0.39 is 0 Å². The number of likely N-dealkylation sites (tertiary alicyclic amines) is 1. The summed E-state index contributed by atoms with van der Waals surface area (Å²) in [5.41, 5.74) is 0.532. The number of thiophene rings is 1. The predicted molar refractivity (Wildman–Crippen MR) is 88.3 cm³/mol. The minimum Gasteiger partial charge on any atom is -0.347 e. The molecule has 1 aromatic heterocycles. The molecule has 2 fully saturated rings. The monoisotopic (exact) mass is 340 g/mol. The van der Waals surface area contributed by atoms with Crippen molar-refractivity contribution in [1.29, 1.82) is 0 Å². The Hall–Kier alpha value is -1.07. The normalized spacial score (nSPS) is 28.1. The highest BCUT2D eigenvalue weighted by atomic mass is 35.5. The quantitative estimate of drug-likeness (QED) is 0.918. The van der Waals surface area contributed by atoms with E-state index in [4.69, 9.17) is 11.6 Å². The molecular formula is C16H21ClN2O2S. The van der Waals surface area contributed by atoms with Gasteiger partial charge in [0, 0.05) is 35.8 Å². The average Bonchev–Trinajstić information content (AvgIpc) is 3.13. The number of carbonyl (C=O) groups is 2. The number of rotatable bonds is 3. The Kier molecular flexibility index (Phi) is 4.73. The summed E-state index contributed by atoms with van der Waals surface area (Å²) in [6, 6.07) is 0.0176. The molecule has 3 rings (SSSR count). The second-order valence-electron chi connectivity index (χ2n) is 6.40. The van der Waals surface area contributed by atoms with E-state index in [9.17, 15) is 9.59 Å². The fourth-order valence-electron chi connectivity index (χ4n) is 3.07. The van der Waals surface area contributed by atoms with Crippen LogP contribution in [0, 0.1) is 11.8 Å². The van der Waals surface area contributed by atoms with Gasteiger partial charge in [-0.05, 0) is 31.6 Å². The molecule has 1 aromatic rings. The zero-order chi connectivity index (χ0) is 15.7. The Morgan fingerprint density at radius 2 is 2.14 bits per heavy atom. The number of halogens is 1. The van der Waals surface area contributed by atoms with Gasteiger partial charge in [0.1, 0.15) is 0 Å². The average molecular weight is 341 g/mol. The van der Waals surface area contributed by atoms with Crippen molar-refractivity contribution in [3.8, 4) is 0 Å². The van der Waals surface area contributed by atoms with Crippen LogP contribution in [0.4, 0.5) is 0 Å². The van der Waals surface area contributed by atoms with Crippen LogP contribution in [0.2, 0.25) is 5.02 Å². The van der Waals surface area contributed by atoms with Gasteiger partial charge in [-0.1, -0.05) is 18.5 Å². The molecule has 3 atom stereocenters. The maximum Gasteiger partial charge on any atom is 0.253 e. The molecule has 1 N–H and O–H groups in total. The van der Waals surface area contributed by atoms with Crippen molar-refractivity contribution in [3.63, 3.8) is 0 Å². The Bertz CT molecular complexity index is 574. The molecule has 6 heteroatoms. The van der Waals surface area contributed by atoms with Crippen LogP contribution in [-0.4, -0.2) is 35.8 Å². The molecular weight excluding hydrogens is 320 g/mol. The van der Waals surface area contributed by atoms with Crippen LogP contribution in [0.25, 0.3) is 0 Å². The van der Waals surface area contributed by atoms with Gasteiger partial charge in [-0.25, -0.2) is 0 Å². The molecule has 120 valence electrons. The summed E-state index contributed by atoms with van der Waals surface area (Å²) in [6.07, 6.45) is 3.97. The summed E-state index contributed by atoms with van der Waals surface area (Å²) < 4.78 is 0. The molecule has 1 saturated carbocycles. The summed E-state index contributed by atoms with van der Waals surface area (Å²) in [6.45, 7) is 3.56. The molecule has 2 heterocycles. The third-order valence-corrected chi connectivity index (χ3v) is 5.79. The third kappa shape index (κ3) is 3.46. The smallest absolute Gasteiger partial charge is 0.253 e. The second-order valence-corrected chi connectivity index (χ2v) is 7.55. The molecule has 0 aromatic carbocycles. The maximum atomic E-state index is 12.4. The standard InChI is InChI=1S/C16H21ClN2O2S/c1-10-6-12(10)16(21)19-5-3-2-4-11(7-19)18-15(20)13-8-22-9-14(13)17/h8-12H,2-7H2,1H3,(H,18,20)/t10-,11?,12-/m1/s1. The Morgan fingerprint density at radius 3 is 2.77 bits per heavy atom. The minimum atomic E-state index is -0.134. The van der Waals surface area contributed by atoms with E-state index in [0.717, 1.165) is 32.2 Å². The van der Waals surface area contributed by atoms with Crippen LogP contribution in [0.15, 0.2) is 10.8 Å². The van der Waals surface area contributed by atoms with Gasteiger partial charge in [0.2, 0.25) is 5.91 Å². The Balaban J connectivity index is 1.62. The molecule has 2 amide bonds. The predicted octanol–water partition coefficient (Wildman–Crippen LogP) is 3.17. The molecule has 1 aliphatic heterocycles. The van der Waals surface area contributed by atoms with E-state index in [1.165, 1.54) is 11.3 Å². The summed E-state index contributed by atoms with van der Waals surface area (Å²) in [5, 5.41) is 7.07. The summed E-state index contributed by atoms with van der Waals surface area (Å²) in [7, 11) is 0. The minimum absolute atomic E-state index is 0.0176. The maximum absolute atomic E-state index is 12.4. The number of hydrogen-bond acceptors (Lipinski definition) is 3. The zero-order valence-electron chi connectivity index (χ0n) is 12.7. The van der Waals surface area contributed by atoms with Crippen LogP contribution >= 0.6 is 22.9 Å². The van der Waals surface area contributed by atoms with Gasteiger partial charge < -0.3 is 10.2 Å². The van der Waals surface area contributed by atoms with Gasteiger partial charge in [0.15, 0.2) is 0 Å². The van der Waals surface area contributed by atoms with Gasteiger partial charge in [-0.3, -0.25) is 9.59 Å². The third-order valence-electron chi connectivity index (χ3n) is 4.60. The molecule has 1 saturated heterocycles. The highest BCUT2D eigenvalue weighted by molar-refractivity contribution is 7.08. The van der Waals surface area contributed by atoms with Gasteiger partial charge >= 0.3 is 0 Å². The van der Waals surface area contributed by atoms with E-state index >= 15 is 0 Å². The van der Waals surface area contributed by atoms with Crippen LogP contribution < -0.4 is 5.32 Å². The summed E-state index contributed by atoms with van der Waals surface area (Å²) >= 11 is 7.44. The van der Waals surface area contributed by atoms with E-state index in [1.54, 1.807) is 10.8 Å². The fraction of sp³-hybridized carbons (Fsp3) is 0.625. The van der Waals surface area contributed by atoms with Gasteiger partial charge in [-0.2, -0.15) is 0 Å². The lowest BCUT2D eigenvalue weighted by Crippen LogP contribution is -2.45. The molecule has 0 bridgehead atoms. The van der Waals surface area contributed by atoms with E-state index in [0.29, 0.717) is 23.0 Å². The van der Waals surface area contributed by atoms with Crippen molar-refractivity contribution in [3.05, 3.63) is 21.3 Å². The second kappa shape index (κ2) is 6.59. The van der Waals surface area contributed by atoms with Crippen molar-refractivity contribution in [2.24, 2.45) is 11.8 Å². The number of carbonyl (C=O) groups excluding carboxylic acids is 2. The number of hydrogen-bond donors (Lipinski definition) is 1. The van der Waals surface area contributed by atoms with Gasteiger partial charge in [0.05, 0.1) is 10.6 Å². The number of nitrogens with one attached hydrogen (secondary N) is 1. The van der Waals surface area contributed by atoms with E-state index in [1.807, 2.05) is 4.90 Å². The highest BCUT2D eigenvalue weighted by Crippen LogP contribution is 2.39. The molecule has 0 spiro atoms. The molecule has 0 radical (unpaired) electrons.